The summed E-state index contributed by atoms with van der Waals surface area (Å²) in [7, 11) is 1.72. The van der Waals surface area contributed by atoms with Gasteiger partial charge in [-0.1, -0.05) is 24.6 Å². The van der Waals surface area contributed by atoms with Crippen LogP contribution < -0.4 is 4.74 Å². The number of ether oxygens (including phenoxy) is 1. The molecule has 0 fully saturated rings. The molecule has 15 heavy (non-hydrogen) atoms. The molecule has 1 aliphatic carbocycles. The molecule has 0 aromatic heterocycles. The third kappa shape index (κ3) is 2.62. The van der Waals surface area contributed by atoms with Crippen molar-refractivity contribution in [3.05, 3.63) is 35.9 Å². The predicted octanol–water partition coefficient (Wildman–Crippen LogP) is 4.04. The lowest BCUT2D eigenvalue weighted by Crippen LogP contribution is -1.87. The summed E-state index contributed by atoms with van der Waals surface area (Å²) in [4.78, 5) is 0. The molecule has 1 aromatic rings. The second kappa shape index (κ2) is 5.01. The highest BCUT2D eigenvalue weighted by atomic mass is 16.5. The Labute approximate surface area is 91.8 Å². The van der Waals surface area contributed by atoms with Crippen molar-refractivity contribution in [1.82, 2.24) is 0 Å². The van der Waals surface area contributed by atoms with Crippen LogP contribution in [0.1, 0.15) is 37.7 Å². The Morgan fingerprint density at radius 2 is 2.07 bits per heavy atom. The molecule has 0 unspecified atom stereocenters. The Balaban J connectivity index is 2.23. The van der Waals surface area contributed by atoms with Crippen LogP contribution in [0.2, 0.25) is 0 Å². The highest BCUT2D eigenvalue weighted by molar-refractivity contribution is 5.66. The third-order valence-electron chi connectivity index (χ3n) is 2.98. The zero-order chi connectivity index (χ0) is 10.5. The van der Waals surface area contributed by atoms with Crippen LogP contribution in [-0.2, 0) is 0 Å². The monoisotopic (exact) mass is 202 g/mol. The van der Waals surface area contributed by atoms with Gasteiger partial charge in [-0.25, -0.2) is 0 Å². The number of allylic oxidation sites excluding steroid dienone is 2. The van der Waals surface area contributed by atoms with Crippen molar-refractivity contribution in [2.45, 2.75) is 32.1 Å². The normalized spacial score (nSPS) is 16.7. The van der Waals surface area contributed by atoms with Gasteiger partial charge in [-0.3, -0.25) is 0 Å². The van der Waals surface area contributed by atoms with Gasteiger partial charge < -0.3 is 4.74 Å². The minimum absolute atomic E-state index is 0.956. The van der Waals surface area contributed by atoms with Crippen molar-refractivity contribution >= 4 is 5.57 Å². The second-order valence-corrected chi connectivity index (χ2v) is 4.06. The molecular formula is C14H18O. The number of hydrogen-bond acceptors (Lipinski definition) is 1. The second-order valence-electron chi connectivity index (χ2n) is 4.06. The molecule has 0 bridgehead atoms. The fourth-order valence-corrected chi connectivity index (χ4v) is 2.10. The molecule has 0 spiro atoms. The van der Waals surface area contributed by atoms with Crippen molar-refractivity contribution in [3.8, 4) is 5.75 Å². The van der Waals surface area contributed by atoms with E-state index in [1.165, 1.54) is 43.2 Å². The molecule has 2 rings (SSSR count). The molecule has 0 saturated heterocycles. The third-order valence-corrected chi connectivity index (χ3v) is 2.98. The van der Waals surface area contributed by atoms with Crippen LogP contribution >= 0.6 is 0 Å². The smallest absolute Gasteiger partial charge is 0.119 e. The van der Waals surface area contributed by atoms with Crippen LogP contribution in [0.3, 0.4) is 0 Å². The van der Waals surface area contributed by atoms with Gasteiger partial charge in [0.25, 0.3) is 0 Å². The topological polar surface area (TPSA) is 9.23 Å². The Morgan fingerprint density at radius 1 is 1.13 bits per heavy atom. The Kier molecular flexibility index (Phi) is 3.44. The maximum atomic E-state index is 5.25. The molecule has 1 nitrogen and oxygen atoms in total. The van der Waals surface area contributed by atoms with E-state index in [9.17, 15) is 0 Å². The van der Waals surface area contributed by atoms with E-state index in [0.29, 0.717) is 0 Å². The van der Waals surface area contributed by atoms with Gasteiger partial charge in [0.1, 0.15) is 5.75 Å². The van der Waals surface area contributed by atoms with E-state index in [0.717, 1.165) is 5.75 Å². The standard InChI is InChI=1S/C14H18O/c1-15-14-10-6-9-13(11-14)12-7-4-2-3-5-8-12/h6-7,9-11H,2-5,8H2,1H3. The van der Waals surface area contributed by atoms with Crippen molar-refractivity contribution in [1.29, 1.82) is 0 Å². The quantitative estimate of drug-likeness (QED) is 0.703. The summed E-state index contributed by atoms with van der Waals surface area (Å²) in [5, 5.41) is 0. The number of benzene rings is 1. The van der Waals surface area contributed by atoms with Gasteiger partial charge in [0.05, 0.1) is 7.11 Å². The van der Waals surface area contributed by atoms with Gasteiger partial charge in [0, 0.05) is 0 Å². The van der Waals surface area contributed by atoms with Crippen molar-refractivity contribution in [2.75, 3.05) is 7.11 Å². The zero-order valence-electron chi connectivity index (χ0n) is 9.33. The Bertz CT molecular complexity index is 352. The fraction of sp³-hybridized carbons (Fsp3) is 0.429. The Morgan fingerprint density at radius 3 is 2.93 bits per heavy atom. The van der Waals surface area contributed by atoms with Crippen LogP contribution in [-0.4, -0.2) is 7.11 Å². The fourth-order valence-electron chi connectivity index (χ4n) is 2.10. The molecule has 0 heterocycles. The predicted molar refractivity (Wildman–Crippen MR) is 64.1 cm³/mol. The average molecular weight is 202 g/mol. The zero-order valence-corrected chi connectivity index (χ0v) is 9.33. The lowest BCUT2D eigenvalue weighted by molar-refractivity contribution is 0.414. The minimum atomic E-state index is 0.956. The first-order valence-electron chi connectivity index (χ1n) is 5.73. The molecule has 0 saturated carbocycles. The molecule has 0 radical (unpaired) electrons. The van der Waals surface area contributed by atoms with Crippen LogP contribution in [0.4, 0.5) is 0 Å². The average Bonchev–Trinajstić information content (AvgIpc) is 2.58. The first-order chi connectivity index (χ1) is 7.40. The number of hydrogen-bond donors (Lipinski definition) is 0. The van der Waals surface area contributed by atoms with E-state index in [-0.39, 0.29) is 0 Å². The van der Waals surface area contributed by atoms with Crippen molar-refractivity contribution < 1.29 is 4.74 Å². The number of methoxy groups -OCH3 is 1. The van der Waals surface area contributed by atoms with Crippen LogP contribution in [0, 0.1) is 0 Å². The minimum Gasteiger partial charge on any atom is -0.497 e. The highest BCUT2D eigenvalue weighted by Gasteiger charge is 2.05. The van der Waals surface area contributed by atoms with E-state index in [1.807, 2.05) is 6.07 Å². The number of rotatable bonds is 2. The lowest BCUT2D eigenvalue weighted by Gasteiger charge is -2.07. The molecule has 1 aliphatic rings. The summed E-state index contributed by atoms with van der Waals surface area (Å²) in [6.45, 7) is 0. The molecule has 80 valence electrons. The lowest BCUT2D eigenvalue weighted by atomic mass is 10.0. The molecular weight excluding hydrogens is 184 g/mol. The Hall–Kier alpha value is -1.24. The summed E-state index contributed by atoms with van der Waals surface area (Å²) in [6, 6.07) is 8.39. The van der Waals surface area contributed by atoms with Crippen LogP contribution in [0.25, 0.3) is 5.57 Å². The van der Waals surface area contributed by atoms with E-state index < -0.39 is 0 Å². The molecule has 1 aromatic carbocycles. The molecule has 1 heteroatoms. The summed E-state index contributed by atoms with van der Waals surface area (Å²) >= 11 is 0. The SMILES string of the molecule is COc1cccc(C2=CCCCCC2)c1. The van der Waals surface area contributed by atoms with Gasteiger partial charge >= 0.3 is 0 Å². The molecule has 0 aliphatic heterocycles. The van der Waals surface area contributed by atoms with Gasteiger partial charge in [-0.15, -0.1) is 0 Å². The molecule has 0 N–H and O–H groups in total. The summed E-state index contributed by atoms with van der Waals surface area (Å²) in [5.41, 5.74) is 2.82. The van der Waals surface area contributed by atoms with Gasteiger partial charge in [-0.05, 0) is 49.0 Å². The van der Waals surface area contributed by atoms with Gasteiger partial charge in [0.2, 0.25) is 0 Å². The van der Waals surface area contributed by atoms with Gasteiger partial charge in [-0.2, -0.15) is 0 Å². The first kappa shape index (κ1) is 10.3. The highest BCUT2D eigenvalue weighted by Crippen LogP contribution is 2.27. The van der Waals surface area contributed by atoms with E-state index >= 15 is 0 Å². The van der Waals surface area contributed by atoms with E-state index in [4.69, 9.17) is 4.74 Å². The molecule has 0 amide bonds. The van der Waals surface area contributed by atoms with Crippen molar-refractivity contribution in [2.24, 2.45) is 0 Å². The summed E-state index contributed by atoms with van der Waals surface area (Å²) in [6.07, 6.45) is 8.86. The first-order valence-corrected chi connectivity index (χ1v) is 5.73. The maximum absolute atomic E-state index is 5.25. The van der Waals surface area contributed by atoms with Crippen molar-refractivity contribution in [3.63, 3.8) is 0 Å². The van der Waals surface area contributed by atoms with Crippen LogP contribution in [0.5, 0.6) is 5.75 Å². The largest absolute Gasteiger partial charge is 0.497 e. The van der Waals surface area contributed by atoms with E-state index in [1.54, 1.807) is 7.11 Å². The summed E-state index contributed by atoms with van der Waals surface area (Å²) < 4.78 is 5.25. The molecule has 0 atom stereocenters. The van der Waals surface area contributed by atoms with Crippen LogP contribution in [0.15, 0.2) is 30.3 Å². The maximum Gasteiger partial charge on any atom is 0.119 e. The van der Waals surface area contributed by atoms with E-state index in [2.05, 4.69) is 24.3 Å². The summed E-state index contributed by atoms with van der Waals surface area (Å²) in [5.74, 6) is 0.956. The van der Waals surface area contributed by atoms with Gasteiger partial charge in [0.15, 0.2) is 0 Å².